The van der Waals surface area contributed by atoms with E-state index in [1.165, 1.54) is 4.90 Å². The lowest BCUT2D eigenvalue weighted by molar-refractivity contribution is -0.139. The number of rotatable bonds is 12. The van der Waals surface area contributed by atoms with Gasteiger partial charge in [-0.2, -0.15) is 0 Å². The Kier molecular flexibility index (Phi) is 10.5. The largest absolute Gasteiger partial charge is 0.354 e. The predicted molar refractivity (Wildman–Crippen MR) is 161 cm³/mol. The van der Waals surface area contributed by atoms with E-state index in [0.717, 1.165) is 33.0 Å². The van der Waals surface area contributed by atoms with Crippen molar-refractivity contribution in [2.75, 3.05) is 17.4 Å². The van der Waals surface area contributed by atoms with Gasteiger partial charge in [0, 0.05) is 13.1 Å². The maximum Gasteiger partial charge on any atom is 0.264 e. The highest BCUT2D eigenvalue weighted by Gasteiger charge is 2.32. The van der Waals surface area contributed by atoms with Crippen LogP contribution in [0, 0.1) is 13.8 Å². The smallest absolute Gasteiger partial charge is 0.264 e. The lowest BCUT2D eigenvalue weighted by Gasteiger charge is -2.32. The van der Waals surface area contributed by atoms with Crippen LogP contribution in [-0.2, 0) is 26.2 Å². The van der Waals surface area contributed by atoms with Gasteiger partial charge in [-0.15, -0.1) is 0 Å². The van der Waals surface area contributed by atoms with Crippen molar-refractivity contribution < 1.29 is 18.0 Å². The third kappa shape index (κ3) is 7.50. The summed E-state index contributed by atoms with van der Waals surface area (Å²) in [6.07, 6.45) is 0.763. The SMILES string of the molecule is CCCNC(=O)[C@@H](C)N(Cc1ccccc1C)C(=O)CN(c1ccc(C(C)C)cc1)S(=O)(=O)c1ccc(C)cc1. The first-order valence-corrected chi connectivity index (χ1v) is 15.2. The average Bonchev–Trinajstić information content (AvgIpc) is 2.93. The summed E-state index contributed by atoms with van der Waals surface area (Å²) in [4.78, 5) is 28.6. The molecule has 0 fully saturated rings. The van der Waals surface area contributed by atoms with Crippen LogP contribution in [0.4, 0.5) is 5.69 Å². The van der Waals surface area contributed by atoms with Gasteiger partial charge in [0.25, 0.3) is 10.0 Å². The fourth-order valence-corrected chi connectivity index (χ4v) is 5.76. The number of sulfonamides is 1. The molecule has 0 aliphatic rings. The number of amides is 2. The van der Waals surface area contributed by atoms with Crippen LogP contribution < -0.4 is 9.62 Å². The molecule has 7 nitrogen and oxygen atoms in total. The Balaban J connectivity index is 2.04. The summed E-state index contributed by atoms with van der Waals surface area (Å²) in [5.74, 6) is -0.478. The topological polar surface area (TPSA) is 86.8 Å². The molecule has 0 bridgehead atoms. The van der Waals surface area contributed by atoms with Crippen molar-refractivity contribution in [1.29, 1.82) is 0 Å². The van der Waals surface area contributed by atoms with Crippen LogP contribution in [-0.4, -0.2) is 44.3 Å². The van der Waals surface area contributed by atoms with Crippen LogP contribution in [0.25, 0.3) is 0 Å². The molecule has 3 aromatic rings. The van der Waals surface area contributed by atoms with Gasteiger partial charge in [0.15, 0.2) is 0 Å². The predicted octanol–water partition coefficient (Wildman–Crippen LogP) is 5.57. The third-order valence-corrected chi connectivity index (χ3v) is 8.84. The molecule has 0 saturated carbocycles. The Morgan fingerprint density at radius 3 is 2.08 bits per heavy atom. The Hall–Kier alpha value is -3.65. The van der Waals surface area contributed by atoms with Crippen molar-refractivity contribution in [3.63, 3.8) is 0 Å². The molecule has 0 saturated heterocycles. The second kappa shape index (κ2) is 13.6. The fraction of sp³-hybridized carbons (Fsp3) is 0.375. The van der Waals surface area contributed by atoms with Gasteiger partial charge in [-0.05, 0) is 74.1 Å². The first-order valence-electron chi connectivity index (χ1n) is 13.8. The third-order valence-electron chi connectivity index (χ3n) is 7.05. The summed E-state index contributed by atoms with van der Waals surface area (Å²) >= 11 is 0. The van der Waals surface area contributed by atoms with Crippen LogP contribution in [0.1, 0.15) is 62.3 Å². The van der Waals surface area contributed by atoms with E-state index in [1.807, 2.05) is 57.2 Å². The minimum atomic E-state index is -4.09. The van der Waals surface area contributed by atoms with Crippen molar-refractivity contribution in [2.24, 2.45) is 0 Å². The highest BCUT2D eigenvalue weighted by atomic mass is 32.2. The first-order chi connectivity index (χ1) is 18.9. The van der Waals surface area contributed by atoms with Crippen molar-refractivity contribution in [3.8, 4) is 0 Å². The van der Waals surface area contributed by atoms with Crippen LogP contribution in [0.15, 0.2) is 77.7 Å². The molecule has 1 atom stereocenters. The maximum absolute atomic E-state index is 14.0. The molecule has 0 spiro atoms. The summed E-state index contributed by atoms with van der Waals surface area (Å²) in [6, 6.07) is 20.7. The number of aryl methyl sites for hydroxylation is 2. The normalized spacial score (nSPS) is 12.2. The molecule has 2 amide bonds. The molecule has 0 radical (unpaired) electrons. The molecular formula is C32H41N3O4S. The highest BCUT2D eigenvalue weighted by molar-refractivity contribution is 7.92. The summed E-state index contributed by atoms with van der Waals surface area (Å²) in [5.41, 5.74) is 4.25. The van der Waals surface area contributed by atoms with Gasteiger partial charge in [-0.3, -0.25) is 13.9 Å². The summed E-state index contributed by atoms with van der Waals surface area (Å²) in [7, 11) is -4.09. The minimum Gasteiger partial charge on any atom is -0.354 e. The first kappa shape index (κ1) is 30.9. The molecule has 3 rings (SSSR count). The van der Waals surface area contributed by atoms with Crippen LogP contribution in [0.5, 0.6) is 0 Å². The van der Waals surface area contributed by atoms with Gasteiger partial charge in [0.1, 0.15) is 12.6 Å². The number of hydrogen-bond donors (Lipinski definition) is 1. The number of benzene rings is 3. The van der Waals surface area contributed by atoms with Gasteiger partial charge in [-0.25, -0.2) is 8.42 Å². The molecule has 0 unspecified atom stereocenters. The Bertz CT molecular complexity index is 1400. The number of hydrogen-bond acceptors (Lipinski definition) is 4. The lowest BCUT2D eigenvalue weighted by Crippen LogP contribution is -2.51. The van der Waals surface area contributed by atoms with Crippen molar-refractivity contribution in [3.05, 3.63) is 95.1 Å². The summed E-state index contributed by atoms with van der Waals surface area (Å²) in [6.45, 7) is 11.8. The van der Waals surface area contributed by atoms with Crippen LogP contribution in [0.2, 0.25) is 0 Å². The Labute approximate surface area is 239 Å². The van der Waals surface area contributed by atoms with Crippen molar-refractivity contribution in [2.45, 2.75) is 71.4 Å². The van der Waals surface area contributed by atoms with Gasteiger partial charge >= 0.3 is 0 Å². The van der Waals surface area contributed by atoms with E-state index in [9.17, 15) is 18.0 Å². The van der Waals surface area contributed by atoms with Gasteiger partial charge in [0.2, 0.25) is 11.8 Å². The Morgan fingerprint density at radius 2 is 1.50 bits per heavy atom. The number of nitrogens with one attached hydrogen (secondary N) is 1. The molecule has 0 aliphatic carbocycles. The highest BCUT2D eigenvalue weighted by Crippen LogP contribution is 2.27. The minimum absolute atomic E-state index is 0.0954. The van der Waals surface area contributed by atoms with Gasteiger partial charge in [0.05, 0.1) is 10.6 Å². The zero-order chi connectivity index (χ0) is 29.4. The number of carbonyl (C=O) groups excluding carboxylic acids is 2. The number of anilines is 1. The second-order valence-corrected chi connectivity index (χ2v) is 12.3. The van der Waals surface area contributed by atoms with E-state index in [-0.39, 0.29) is 23.3 Å². The van der Waals surface area contributed by atoms with Crippen molar-refractivity contribution in [1.82, 2.24) is 10.2 Å². The molecule has 0 aliphatic heterocycles. The molecule has 8 heteroatoms. The molecule has 40 heavy (non-hydrogen) atoms. The lowest BCUT2D eigenvalue weighted by atomic mass is 10.0. The average molecular weight is 564 g/mol. The zero-order valence-electron chi connectivity index (χ0n) is 24.3. The molecule has 0 heterocycles. The van der Waals surface area contributed by atoms with Gasteiger partial charge < -0.3 is 10.2 Å². The Morgan fingerprint density at radius 1 is 0.875 bits per heavy atom. The van der Waals surface area contributed by atoms with E-state index in [1.54, 1.807) is 43.3 Å². The van der Waals surface area contributed by atoms with E-state index >= 15 is 0 Å². The molecular weight excluding hydrogens is 522 g/mol. The molecule has 1 N–H and O–H groups in total. The van der Waals surface area contributed by atoms with Gasteiger partial charge in [-0.1, -0.05) is 74.9 Å². The number of nitrogens with zero attached hydrogens (tertiary/aromatic N) is 2. The van der Waals surface area contributed by atoms with E-state index < -0.39 is 28.5 Å². The standard InChI is InChI=1S/C32H41N3O4S/c1-7-20-33-32(37)26(6)34(21-28-11-9-8-10-25(28)5)31(36)22-35(29-16-14-27(15-17-29)23(2)3)40(38,39)30-18-12-24(4)13-19-30/h8-19,23,26H,7,20-22H2,1-6H3,(H,33,37)/t26-/m1/s1. The zero-order valence-corrected chi connectivity index (χ0v) is 25.2. The molecule has 214 valence electrons. The monoisotopic (exact) mass is 563 g/mol. The summed E-state index contributed by atoms with van der Waals surface area (Å²) in [5, 5.41) is 2.87. The maximum atomic E-state index is 14.0. The van der Waals surface area contributed by atoms with E-state index in [2.05, 4.69) is 19.2 Å². The molecule has 0 aromatic heterocycles. The second-order valence-electron chi connectivity index (χ2n) is 10.5. The van der Waals surface area contributed by atoms with E-state index in [4.69, 9.17) is 0 Å². The van der Waals surface area contributed by atoms with Crippen LogP contribution >= 0.6 is 0 Å². The summed E-state index contributed by atoms with van der Waals surface area (Å²) < 4.78 is 29.1. The quantitative estimate of drug-likeness (QED) is 0.312. The van der Waals surface area contributed by atoms with Crippen LogP contribution in [0.3, 0.4) is 0 Å². The number of carbonyl (C=O) groups is 2. The fourth-order valence-electron chi connectivity index (χ4n) is 4.34. The molecule has 3 aromatic carbocycles. The van der Waals surface area contributed by atoms with E-state index in [0.29, 0.717) is 12.2 Å². The van der Waals surface area contributed by atoms with Crippen molar-refractivity contribution >= 4 is 27.5 Å².